The van der Waals surface area contributed by atoms with Crippen molar-refractivity contribution in [1.82, 2.24) is 0 Å². The van der Waals surface area contributed by atoms with Crippen LogP contribution in [0, 0.1) is 0 Å². The van der Waals surface area contributed by atoms with E-state index in [4.69, 9.17) is 13.0 Å². The zero-order valence-electron chi connectivity index (χ0n) is 9.06. The van der Waals surface area contributed by atoms with Crippen molar-refractivity contribution in [3.63, 3.8) is 0 Å². The summed E-state index contributed by atoms with van der Waals surface area (Å²) >= 11 is 0. The monoisotopic (exact) mass is 221 g/mol. The Kier molecular flexibility index (Phi) is 7.62. The van der Waals surface area contributed by atoms with Gasteiger partial charge in [0, 0.05) is 6.26 Å². The largest absolute Gasteiger partial charge is 0.748 e. The molecule has 0 N–H and O–H groups in total. The SMILES string of the molecule is C=CC[N+](C)(C)CC=C.CS(=O)(=O)[O-]. The van der Waals surface area contributed by atoms with Gasteiger partial charge in [0.1, 0.15) is 0 Å². The van der Waals surface area contributed by atoms with E-state index in [1.54, 1.807) is 0 Å². The van der Waals surface area contributed by atoms with Crippen LogP contribution in [0.5, 0.6) is 0 Å². The fourth-order valence-electron chi connectivity index (χ4n) is 0.774. The van der Waals surface area contributed by atoms with Crippen LogP contribution in [0.15, 0.2) is 25.3 Å². The molecule has 0 heterocycles. The molecule has 0 radical (unpaired) electrons. The summed E-state index contributed by atoms with van der Waals surface area (Å²) in [5.41, 5.74) is 0. The number of likely N-dealkylation sites (N-methyl/N-ethyl adjacent to an activating group) is 1. The van der Waals surface area contributed by atoms with E-state index in [9.17, 15) is 0 Å². The smallest absolute Gasteiger partial charge is 0.0969 e. The molecule has 0 rings (SSSR count). The molecule has 0 aliphatic carbocycles. The second kappa shape index (κ2) is 6.75. The molecule has 0 aromatic rings. The topological polar surface area (TPSA) is 57.2 Å². The molecule has 84 valence electrons. The lowest BCUT2D eigenvalue weighted by Gasteiger charge is -2.26. The number of hydrogen-bond acceptors (Lipinski definition) is 3. The summed E-state index contributed by atoms with van der Waals surface area (Å²) in [5, 5.41) is 0. The number of quaternary nitrogens is 1. The first-order valence-electron chi connectivity index (χ1n) is 4.07. The van der Waals surface area contributed by atoms with Gasteiger partial charge in [-0.15, -0.1) is 0 Å². The van der Waals surface area contributed by atoms with Gasteiger partial charge in [-0.3, -0.25) is 0 Å². The van der Waals surface area contributed by atoms with E-state index < -0.39 is 10.1 Å². The quantitative estimate of drug-likeness (QED) is 0.397. The van der Waals surface area contributed by atoms with E-state index in [-0.39, 0.29) is 0 Å². The lowest BCUT2D eigenvalue weighted by molar-refractivity contribution is -0.878. The Morgan fingerprint density at radius 1 is 1.21 bits per heavy atom. The fraction of sp³-hybridized carbons (Fsp3) is 0.556. The van der Waals surface area contributed by atoms with Crippen LogP contribution in [0.25, 0.3) is 0 Å². The zero-order valence-corrected chi connectivity index (χ0v) is 9.88. The van der Waals surface area contributed by atoms with E-state index in [1.165, 1.54) is 0 Å². The van der Waals surface area contributed by atoms with Gasteiger partial charge in [0.2, 0.25) is 0 Å². The van der Waals surface area contributed by atoms with E-state index in [1.807, 2.05) is 12.2 Å². The fourth-order valence-corrected chi connectivity index (χ4v) is 0.774. The van der Waals surface area contributed by atoms with Crippen LogP contribution in [0.4, 0.5) is 0 Å². The van der Waals surface area contributed by atoms with Gasteiger partial charge in [-0.05, 0) is 12.2 Å². The van der Waals surface area contributed by atoms with Gasteiger partial charge in [0.25, 0.3) is 0 Å². The second-order valence-electron chi connectivity index (χ2n) is 3.58. The molecular weight excluding hydrogens is 202 g/mol. The van der Waals surface area contributed by atoms with Crippen molar-refractivity contribution in [1.29, 1.82) is 0 Å². The molecule has 0 amide bonds. The molecule has 0 aromatic heterocycles. The molecule has 0 saturated carbocycles. The van der Waals surface area contributed by atoms with Crippen molar-refractivity contribution in [2.75, 3.05) is 33.4 Å². The highest BCUT2D eigenvalue weighted by Gasteiger charge is 2.07. The van der Waals surface area contributed by atoms with Crippen LogP contribution in [0.1, 0.15) is 0 Å². The normalized spacial score (nSPS) is 11.1. The maximum Gasteiger partial charge on any atom is 0.0969 e. The summed E-state index contributed by atoms with van der Waals surface area (Å²) in [4.78, 5) is 0. The number of hydrogen-bond donors (Lipinski definition) is 0. The Hall–Kier alpha value is -0.650. The van der Waals surface area contributed by atoms with E-state index in [0.717, 1.165) is 17.6 Å². The van der Waals surface area contributed by atoms with Crippen LogP contribution in [-0.2, 0) is 10.1 Å². The summed E-state index contributed by atoms with van der Waals surface area (Å²) < 4.78 is 28.2. The molecule has 0 atom stereocenters. The van der Waals surface area contributed by atoms with Gasteiger partial charge in [0.05, 0.1) is 37.3 Å². The average Bonchev–Trinajstić information content (AvgIpc) is 1.81. The summed E-state index contributed by atoms with van der Waals surface area (Å²) in [6.07, 6.45) is 4.47. The van der Waals surface area contributed by atoms with Gasteiger partial charge >= 0.3 is 0 Å². The predicted octanol–water partition coefficient (Wildman–Crippen LogP) is 0.596. The van der Waals surface area contributed by atoms with Crippen molar-refractivity contribution < 1.29 is 17.5 Å². The molecule has 0 unspecified atom stereocenters. The van der Waals surface area contributed by atoms with Crippen LogP contribution >= 0.6 is 0 Å². The van der Waals surface area contributed by atoms with E-state index in [2.05, 4.69) is 27.3 Å². The van der Waals surface area contributed by atoms with Crippen LogP contribution < -0.4 is 0 Å². The molecule has 0 spiro atoms. The molecule has 14 heavy (non-hydrogen) atoms. The Bertz CT molecular complexity index is 248. The minimum atomic E-state index is -3.92. The maximum absolute atomic E-state index is 9.08. The van der Waals surface area contributed by atoms with Gasteiger partial charge in [0.15, 0.2) is 0 Å². The first-order chi connectivity index (χ1) is 6.12. The zero-order chi connectivity index (χ0) is 11.8. The average molecular weight is 221 g/mol. The number of rotatable bonds is 4. The molecule has 0 aromatic carbocycles. The van der Waals surface area contributed by atoms with Gasteiger partial charge in [-0.25, -0.2) is 8.42 Å². The van der Waals surface area contributed by atoms with Gasteiger partial charge in [-0.2, -0.15) is 0 Å². The lowest BCUT2D eigenvalue weighted by Crippen LogP contribution is -2.39. The second-order valence-corrected chi connectivity index (χ2v) is 4.99. The highest BCUT2D eigenvalue weighted by atomic mass is 32.2. The van der Waals surface area contributed by atoms with Crippen molar-refractivity contribution >= 4 is 10.1 Å². The summed E-state index contributed by atoms with van der Waals surface area (Å²) in [5.74, 6) is 0. The van der Waals surface area contributed by atoms with Gasteiger partial charge in [-0.1, -0.05) is 13.2 Å². The van der Waals surface area contributed by atoms with Gasteiger partial charge < -0.3 is 9.04 Å². The standard InChI is InChI=1S/C8H16N.CH4O3S/c1-5-7-9(3,4)8-6-2;1-5(2,3)4/h5-6H,1-2,7-8H2,3-4H3;1H3,(H,2,3,4)/q+1;/p-1. The minimum absolute atomic E-state index is 0.604. The third-order valence-corrected chi connectivity index (χ3v) is 1.25. The Morgan fingerprint density at radius 2 is 1.43 bits per heavy atom. The molecule has 0 aliphatic rings. The van der Waals surface area contributed by atoms with E-state index in [0.29, 0.717) is 6.26 Å². The first-order valence-corrected chi connectivity index (χ1v) is 5.88. The molecule has 0 fully saturated rings. The summed E-state index contributed by atoms with van der Waals surface area (Å²) in [6.45, 7) is 9.37. The highest BCUT2D eigenvalue weighted by Crippen LogP contribution is 1.95. The maximum atomic E-state index is 9.08. The molecular formula is C9H19NO3S. The van der Waals surface area contributed by atoms with E-state index >= 15 is 0 Å². The lowest BCUT2D eigenvalue weighted by atomic mass is 10.4. The number of nitrogens with zero attached hydrogens (tertiary/aromatic N) is 1. The van der Waals surface area contributed by atoms with Crippen LogP contribution in [-0.4, -0.2) is 50.9 Å². The summed E-state index contributed by atoms with van der Waals surface area (Å²) in [6, 6.07) is 0. The van der Waals surface area contributed by atoms with Crippen molar-refractivity contribution in [2.24, 2.45) is 0 Å². The predicted molar refractivity (Wildman–Crippen MR) is 57.9 cm³/mol. The molecule has 0 aliphatic heterocycles. The molecule has 4 nitrogen and oxygen atoms in total. The van der Waals surface area contributed by atoms with Crippen molar-refractivity contribution in [3.8, 4) is 0 Å². The van der Waals surface area contributed by atoms with Crippen molar-refractivity contribution in [2.45, 2.75) is 0 Å². The molecule has 0 saturated heterocycles. The molecule has 5 heteroatoms. The summed E-state index contributed by atoms with van der Waals surface area (Å²) in [7, 11) is 0.396. The van der Waals surface area contributed by atoms with Crippen LogP contribution in [0.2, 0.25) is 0 Å². The third kappa shape index (κ3) is 22.5. The molecule has 0 bridgehead atoms. The Labute approximate surface area is 86.9 Å². The third-order valence-electron chi connectivity index (χ3n) is 1.25. The Balaban J connectivity index is 0. The Morgan fingerprint density at radius 3 is 1.57 bits per heavy atom. The highest BCUT2D eigenvalue weighted by molar-refractivity contribution is 7.84. The van der Waals surface area contributed by atoms with Crippen LogP contribution in [0.3, 0.4) is 0 Å². The minimum Gasteiger partial charge on any atom is -0.748 e. The first kappa shape index (κ1) is 15.8. The van der Waals surface area contributed by atoms with Crippen molar-refractivity contribution in [3.05, 3.63) is 25.3 Å².